The highest BCUT2D eigenvalue weighted by Crippen LogP contribution is 2.38. The molecule has 2 unspecified atom stereocenters. The van der Waals surface area contributed by atoms with Crippen molar-refractivity contribution in [2.75, 3.05) is 0 Å². The summed E-state index contributed by atoms with van der Waals surface area (Å²) in [6.07, 6.45) is 8.24. The first-order chi connectivity index (χ1) is 9.26. The Labute approximate surface area is 123 Å². The highest BCUT2D eigenvalue weighted by Gasteiger charge is 2.33. The van der Waals surface area contributed by atoms with E-state index >= 15 is 0 Å². The van der Waals surface area contributed by atoms with Gasteiger partial charge in [-0.15, -0.1) is 0 Å². The lowest BCUT2D eigenvalue weighted by atomic mass is 9.76. The van der Waals surface area contributed by atoms with Crippen LogP contribution in [0.2, 0.25) is 0 Å². The topological polar surface area (TPSA) is 35.5 Å². The van der Waals surface area contributed by atoms with Crippen LogP contribution in [0.5, 0.6) is 0 Å². The molecule has 0 bridgehead atoms. The van der Waals surface area contributed by atoms with Gasteiger partial charge in [0.1, 0.15) is 12.2 Å². The van der Waals surface area contributed by atoms with Crippen molar-refractivity contribution >= 4 is 6.16 Å². The first kappa shape index (κ1) is 15.7. The van der Waals surface area contributed by atoms with E-state index in [2.05, 4.69) is 27.7 Å². The normalized spacial score (nSPS) is 32.4. The Bertz CT molecular complexity index is 314. The lowest BCUT2D eigenvalue weighted by Crippen LogP contribution is -2.34. The zero-order chi connectivity index (χ0) is 14.8. The molecule has 0 heterocycles. The van der Waals surface area contributed by atoms with Crippen molar-refractivity contribution in [1.82, 2.24) is 0 Å². The van der Waals surface area contributed by atoms with E-state index in [0.29, 0.717) is 0 Å². The van der Waals surface area contributed by atoms with E-state index in [-0.39, 0.29) is 23.0 Å². The molecule has 3 heteroatoms. The largest absolute Gasteiger partial charge is 0.508 e. The van der Waals surface area contributed by atoms with Gasteiger partial charge in [-0.05, 0) is 62.2 Å². The van der Waals surface area contributed by atoms with E-state index in [0.717, 1.165) is 38.5 Å². The van der Waals surface area contributed by atoms with Crippen LogP contribution in [-0.2, 0) is 9.47 Å². The van der Waals surface area contributed by atoms with Gasteiger partial charge in [0.25, 0.3) is 0 Å². The highest BCUT2D eigenvalue weighted by atomic mass is 16.7. The van der Waals surface area contributed by atoms with Crippen molar-refractivity contribution in [3.63, 3.8) is 0 Å². The van der Waals surface area contributed by atoms with E-state index in [1.54, 1.807) is 0 Å². The van der Waals surface area contributed by atoms with E-state index in [9.17, 15) is 4.79 Å². The van der Waals surface area contributed by atoms with Gasteiger partial charge in [-0.2, -0.15) is 0 Å². The molecule has 0 amide bonds. The fourth-order valence-electron chi connectivity index (χ4n) is 3.76. The van der Waals surface area contributed by atoms with Gasteiger partial charge < -0.3 is 9.47 Å². The first-order valence-electron chi connectivity index (χ1n) is 8.13. The molecule has 0 N–H and O–H groups in total. The molecule has 0 aliphatic heterocycles. The number of carbonyl (C=O) groups is 1. The maximum atomic E-state index is 12.0. The van der Waals surface area contributed by atoms with Gasteiger partial charge in [0.2, 0.25) is 0 Å². The molecule has 0 radical (unpaired) electrons. The standard InChI is InChI=1S/C17H30O3/c1-16(2)9-5-7-13(11-16)19-15(18)20-14-8-6-10-17(3,4)12-14/h13-14H,5-12H2,1-4H3. The molecule has 0 spiro atoms. The summed E-state index contributed by atoms with van der Waals surface area (Å²) in [5.74, 6) is 0. The minimum Gasteiger partial charge on any atom is -0.431 e. The second kappa shape index (κ2) is 5.95. The summed E-state index contributed by atoms with van der Waals surface area (Å²) in [7, 11) is 0. The Balaban J connectivity index is 1.78. The minimum atomic E-state index is -0.449. The van der Waals surface area contributed by atoms with Gasteiger partial charge in [0.15, 0.2) is 0 Å². The van der Waals surface area contributed by atoms with Crippen molar-refractivity contribution in [2.24, 2.45) is 10.8 Å². The predicted octanol–water partition coefficient (Wildman–Crippen LogP) is 5.08. The van der Waals surface area contributed by atoms with Gasteiger partial charge >= 0.3 is 6.16 Å². The Morgan fingerprint density at radius 3 is 1.60 bits per heavy atom. The van der Waals surface area contributed by atoms with Crippen LogP contribution in [0.4, 0.5) is 4.79 Å². The van der Waals surface area contributed by atoms with E-state index in [1.165, 1.54) is 12.8 Å². The summed E-state index contributed by atoms with van der Waals surface area (Å²) in [5, 5.41) is 0. The van der Waals surface area contributed by atoms with Crippen molar-refractivity contribution in [1.29, 1.82) is 0 Å². The summed E-state index contributed by atoms with van der Waals surface area (Å²) in [4.78, 5) is 12.0. The van der Waals surface area contributed by atoms with E-state index in [1.807, 2.05) is 0 Å². The van der Waals surface area contributed by atoms with Gasteiger partial charge in [-0.1, -0.05) is 27.7 Å². The second-order valence-electron chi connectivity index (χ2n) is 8.25. The van der Waals surface area contributed by atoms with Crippen LogP contribution in [0, 0.1) is 10.8 Å². The Hall–Kier alpha value is -0.730. The van der Waals surface area contributed by atoms with Crippen LogP contribution >= 0.6 is 0 Å². The zero-order valence-electron chi connectivity index (χ0n) is 13.5. The lowest BCUT2D eigenvalue weighted by Gasteiger charge is -2.36. The molecule has 3 nitrogen and oxygen atoms in total. The Morgan fingerprint density at radius 1 is 0.850 bits per heavy atom. The molecule has 20 heavy (non-hydrogen) atoms. The van der Waals surface area contributed by atoms with E-state index in [4.69, 9.17) is 9.47 Å². The molecule has 0 aromatic rings. The first-order valence-corrected chi connectivity index (χ1v) is 8.13. The van der Waals surface area contributed by atoms with Crippen molar-refractivity contribution in [3.8, 4) is 0 Å². The van der Waals surface area contributed by atoms with Crippen LogP contribution in [0.1, 0.15) is 79.1 Å². The molecule has 2 fully saturated rings. The molecular formula is C17H30O3. The van der Waals surface area contributed by atoms with Gasteiger partial charge in [-0.3, -0.25) is 0 Å². The van der Waals surface area contributed by atoms with Crippen LogP contribution in [0.3, 0.4) is 0 Å². The van der Waals surface area contributed by atoms with Crippen molar-refractivity contribution < 1.29 is 14.3 Å². The van der Waals surface area contributed by atoms with E-state index < -0.39 is 6.16 Å². The third kappa shape index (κ3) is 4.68. The molecule has 0 saturated heterocycles. The zero-order valence-corrected chi connectivity index (χ0v) is 13.5. The molecule has 2 rings (SSSR count). The quantitative estimate of drug-likeness (QED) is 0.663. The van der Waals surface area contributed by atoms with Gasteiger partial charge in [0.05, 0.1) is 0 Å². The Morgan fingerprint density at radius 2 is 1.25 bits per heavy atom. The predicted molar refractivity (Wildman–Crippen MR) is 79.6 cm³/mol. The molecule has 116 valence electrons. The smallest absolute Gasteiger partial charge is 0.431 e. The van der Waals surface area contributed by atoms with Crippen molar-refractivity contribution in [3.05, 3.63) is 0 Å². The molecule has 0 aromatic heterocycles. The summed E-state index contributed by atoms with van der Waals surface area (Å²) in [6.45, 7) is 8.99. The third-order valence-corrected chi connectivity index (χ3v) is 4.85. The SMILES string of the molecule is CC1(C)CCCC(OC(=O)OC2CCCC(C)(C)C2)C1. The Kier molecular flexibility index (Phi) is 4.66. The maximum Gasteiger partial charge on any atom is 0.508 e. The average molecular weight is 282 g/mol. The fourth-order valence-corrected chi connectivity index (χ4v) is 3.76. The van der Waals surface area contributed by atoms with Crippen LogP contribution in [-0.4, -0.2) is 18.4 Å². The number of rotatable bonds is 2. The number of hydrogen-bond donors (Lipinski definition) is 0. The van der Waals surface area contributed by atoms with Crippen LogP contribution in [0.15, 0.2) is 0 Å². The van der Waals surface area contributed by atoms with Crippen molar-refractivity contribution in [2.45, 2.75) is 91.3 Å². The molecule has 2 saturated carbocycles. The third-order valence-electron chi connectivity index (χ3n) is 4.85. The lowest BCUT2D eigenvalue weighted by molar-refractivity contribution is -0.0425. The monoisotopic (exact) mass is 282 g/mol. The maximum absolute atomic E-state index is 12.0. The summed E-state index contributed by atoms with van der Waals surface area (Å²) in [6, 6.07) is 0. The molecule has 2 aliphatic carbocycles. The fraction of sp³-hybridized carbons (Fsp3) is 0.941. The summed E-state index contributed by atoms with van der Waals surface area (Å²) >= 11 is 0. The molecular weight excluding hydrogens is 252 g/mol. The molecule has 0 aromatic carbocycles. The minimum absolute atomic E-state index is 0.0443. The highest BCUT2D eigenvalue weighted by molar-refractivity contribution is 5.60. The van der Waals surface area contributed by atoms with Crippen LogP contribution < -0.4 is 0 Å². The molecule has 2 aliphatic rings. The second-order valence-corrected chi connectivity index (χ2v) is 8.25. The average Bonchev–Trinajstić information content (AvgIpc) is 2.25. The summed E-state index contributed by atoms with van der Waals surface area (Å²) < 4.78 is 11.1. The van der Waals surface area contributed by atoms with Crippen LogP contribution in [0.25, 0.3) is 0 Å². The number of carbonyl (C=O) groups excluding carboxylic acids is 1. The van der Waals surface area contributed by atoms with Gasteiger partial charge in [-0.25, -0.2) is 4.79 Å². The summed E-state index contributed by atoms with van der Waals surface area (Å²) in [5.41, 5.74) is 0.575. The van der Waals surface area contributed by atoms with Gasteiger partial charge in [0, 0.05) is 0 Å². The molecule has 2 atom stereocenters. The number of hydrogen-bond acceptors (Lipinski definition) is 3. The number of ether oxygens (including phenoxy) is 2.